The zero-order valence-electron chi connectivity index (χ0n) is 10.8. The van der Waals surface area contributed by atoms with E-state index in [9.17, 15) is 4.79 Å². The van der Waals surface area contributed by atoms with Crippen molar-refractivity contribution in [2.45, 2.75) is 32.9 Å². The summed E-state index contributed by atoms with van der Waals surface area (Å²) in [6.07, 6.45) is -0.777. The average Bonchev–Trinajstić information content (AvgIpc) is 2.60. The number of carboxylic acid groups (broad SMARTS) is 1. The van der Waals surface area contributed by atoms with Crippen molar-refractivity contribution < 1.29 is 14.6 Å². The van der Waals surface area contributed by atoms with Gasteiger partial charge in [-0.3, -0.25) is 4.90 Å². The number of morpholine rings is 1. The minimum atomic E-state index is -0.835. The van der Waals surface area contributed by atoms with Crippen LogP contribution >= 0.6 is 0 Å². The summed E-state index contributed by atoms with van der Waals surface area (Å²) in [7, 11) is 0. The number of carbonyl (C=O) groups is 1. The lowest BCUT2D eigenvalue weighted by Gasteiger charge is -2.40. The van der Waals surface area contributed by atoms with E-state index in [1.165, 1.54) is 4.90 Å². The second-order valence-electron chi connectivity index (χ2n) is 6.20. The van der Waals surface area contributed by atoms with Crippen molar-refractivity contribution in [1.29, 1.82) is 0 Å². The van der Waals surface area contributed by atoms with Gasteiger partial charge in [0.1, 0.15) is 0 Å². The van der Waals surface area contributed by atoms with Crippen molar-refractivity contribution in [3.63, 3.8) is 0 Å². The molecule has 2 atom stereocenters. The summed E-state index contributed by atoms with van der Waals surface area (Å²) >= 11 is 0. The van der Waals surface area contributed by atoms with E-state index in [1.807, 2.05) is 0 Å². The van der Waals surface area contributed by atoms with Gasteiger partial charge in [-0.15, -0.1) is 0 Å². The summed E-state index contributed by atoms with van der Waals surface area (Å²) in [5.41, 5.74) is 0.235. The van der Waals surface area contributed by atoms with Crippen molar-refractivity contribution >= 4 is 6.09 Å². The first-order chi connectivity index (χ1) is 7.87. The second kappa shape index (κ2) is 4.46. The monoisotopic (exact) mass is 242 g/mol. The first-order valence-corrected chi connectivity index (χ1v) is 6.20. The molecule has 0 bridgehead atoms. The number of rotatable bonds is 1. The molecule has 0 spiro atoms. The number of hydrogen-bond donors (Lipinski definition) is 1. The summed E-state index contributed by atoms with van der Waals surface area (Å²) in [5.74, 6) is 0. The average molecular weight is 242 g/mol. The van der Waals surface area contributed by atoms with Crippen LogP contribution in [0.2, 0.25) is 0 Å². The Kier molecular flexibility index (Phi) is 3.32. The number of fused-ring (bicyclic) bond motifs is 1. The van der Waals surface area contributed by atoms with Crippen LogP contribution < -0.4 is 0 Å². The maximum Gasteiger partial charge on any atom is 0.407 e. The molecule has 0 aromatic rings. The number of ether oxygens (including phenoxy) is 1. The Hall–Kier alpha value is -0.810. The topological polar surface area (TPSA) is 53.0 Å². The molecule has 2 fully saturated rings. The van der Waals surface area contributed by atoms with Crippen molar-refractivity contribution in [2.24, 2.45) is 5.41 Å². The lowest BCUT2D eigenvalue weighted by atomic mass is 9.94. The van der Waals surface area contributed by atoms with Crippen LogP contribution in [0.4, 0.5) is 4.79 Å². The summed E-state index contributed by atoms with van der Waals surface area (Å²) < 4.78 is 5.68. The molecule has 17 heavy (non-hydrogen) atoms. The molecule has 5 heteroatoms. The zero-order valence-corrected chi connectivity index (χ0v) is 10.8. The molecule has 0 radical (unpaired) electrons. The second-order valence-corrected chi connectivity index (χ2v) is 6.20. The van der Waals surface area contributed by atoms with Gasteiger partial charge in [-0.25, -0.2) is 4.79 Å². The molecule has 1 amide bonds. The Labute approximate surface area is 102 Å². The smallest absolute Gasteiger partial charge is 0.407 e. The first-order valence-electron chi connectivity index (χ1n) is 6.20. The highest BCUT2D eigenvalue weighted by atomic mass is 16.5. The Bertz CT molecular complexity index is 301. The Morgan fingerprint density at radius 1 is 1.41 bits per heavy atom. The van der Waals surface area contributed by atoms with Crippen molar-refractivity contribution in [3.8, 4) is 0 Å². The maximum atomic E-state index is 11.0. The van der Waals surface area contributed by atoms with Gasteiger partial charge in [-0.2, -0.15) is 0 Å². The van der Waals surface area contributed by atoms with Crippen LogP contribution in [0.15, 0.2) is 0 Å². The standard InChI is InChI=1S/C12H22N2O3/c1-12(2,3)8-13-4-5-17-10-7-14(11(15)16)6-9(10)13/h9-10H,4-8H2,1-3H3,(H,15,16). The van der Waals surface area contributed by atoms with E-state index >= 15 is 0 Å². The van der Waals surface area contributed by atoms with Crippen LogP contribution in [0.25, 0.3) is 0 Å². The van der Waals surface area contributed by atoms with Crippen LogP contribution in [0.5, 0.6) is 0 Å². The fourth-order valence-corrected chi connectivity index (χ4v) is 2.72. The Morgan fingerprint density at radius 2 is 2.12 bits per heavy atom. The molecular formula is C12H22N2O3. The number of nitrogens with zero attached hydrogens (tertiary/aromatic N) is 2. The lowest BCUT2D eigenvalue weighted by molar-refractivity contribution is -0.0564. The highest BCUT2D eigenvalue weighted by Gasteiger charge is 2.42. The van der Waals surface area contributed by atoms with Crippen molar-refractivity contribution in [3.05, 3.63) is 0 Å². The van der Waals surface area contributed by atoms with E-state index in [0.717, 1.165) is 13.1 Å². The number of likely N-dealkylation sites (tertiary alicyclic amines) is 1. The van der Waals surface area contributed by atoms with Crippen LogP contribution in [0.1, 0.15) is 20.8 Å². The van der Waals surface area contributed by atoms with Crippen LogP contribution in [-0.2, 0) is 4.74 Å². The SMILES string of the molecule is CC(C)(C)CN1CCOC2CN(C(=O)O)CC21. The molecule has 0 aliphatic carbocycles. The third kappa shape index (κ3) is 2.90. The molecule has 2 aliphatic rings. The normalized spacial score (nSPS) is 30.4. The van der Waals surface area contributed by atoms with E-state index in [-0.39, 0.29) is 17.6 Å². The minimum absolute atomic E-state index is 0.0576. The molecule has 98 valence electrons. The Balaban J connectivity index is 2.02. The fraction of sp³-hybridized carbons (Fsp3) is 0.917. The molecule has 0 aromatic carbocycles. The summed E-state index contributed by atoms with van der Waals surface area (Å²) in [6.45, 7) is 10.3. The van der Waals surface area contributed by atoms with Crippen molar-refractivity contribution in [1.82, 2.24) is 9.80 Å². The van der Waals surface area contributed by atoms with E-state index < -0.39 is 6.09 Å². The molecular weight excluding hydrogens is 220 g/mol. The Morgan fingerprint density at radius 3 is 2.71 bits per heavy atom. The van der Waals surface area contributed by atoms with Gasteiger partial charge < -0.3 is 14.7 Å². The summed E-state index contributed by atoms with van der Waals surface area (Å²) in [6, 6.07) is 0.235. The van der Waals surface area contributed by atoms with Crippen LogP contribution in [0, 0.1) is 5.41 Å². The molecule has 2 rings (SSSR count). The van der Waals surface area contributed by atoms with Gasteiger partial charge in [0, 0.05) is 19.6 Å². The molecule has 0 aromatic heterocycles. The van der Waals surface area contributed by atoms with Gasteiger partial charge >= 0.3 is 6.09 Å². The highest BCUT2D eigenvalue weighted by molar-refractivity contribution is 5.65. The number of hydrogen-bond acceptors (Lipinski definition) is 3. The third-order valence-electron chi connectivity index (χ3n) is 3.36. The van der Waals surface area contributed by atoms with E-state index in [0.29, 0.717) is 19.7 Å². The molecule has 2 heterocycles. The van der Waals surface area contributed by atoms with E-state index in [1.54, 1.807) is 0 Å². The van der Waals surface area contributed by atoms with Gasteiger partial charge in [0.2, 0.25) is 0 Å². The summed E-state index contributed by atoms with van der Waals surface area (Å²) in [5, 5.41) is 9.03. The maximum absolute atomic E-state index is 11.0. The summed E-state index contributed by atoms with van der Waals surface area (Å²) in [4.78, 5) is 14.8. The predicted molar refractivity (Wildman–Crippen MR) is 64.2 cm³/mol. The largest absolute Gasteiger partial charge is 0.465 e. The van der Waals surface area contributed by atoms with Crippen molar-refractivity contribution in [2.75, 3.05) is 32.8 Å². The predicted octanol–water partition coefficient (Wildman–Crippen LogP) is 1.10. The zero-order chi connectivity index (χ0) is 12.6. The molecule has 2 aliphatic heterocycles. The fourth-order valence-electron chi connectivity index (χ4n) is 2.72. The van der Waals surface area contributed by atoms with Gasteiger partial charge in [-0.1, -0.05) is 20.8 Å². The number of amides is 1. The third-order valence-corrected chi connectivity index (χ3v) is 3.36. The van der Waals surface area contributed by atoms with Gasteiger partial charge in [-0.05, 0) is 5.41 Å². The van der Waals surface area contributed by atoms with Crippen LogP contribution in [-0.4, -0.2) is 65.9 Å². The molecule has 5 nitrogen and oxygen atoms in total. The van der Waals surface area contributed by atoms with E-state index in [2.05, 4.69) is 25.7 Å². The lowest BCUT2D eigenvalue weighted by Crippen LogP contribution is -2.53. The van der Waals surface area contributed by atoms with Gasteiger partial charge in [0.05, 0.1) is 25.3 Å². The van der Waals surface area contributed by atoms with Gasteiger partial charge in [0.25, 0.3) is 0 Å². The quantitative estimate of drug-likeness (QED) is 0.748. The van der Waals surface area contributed by atoms with Gasteiger partial charge in [0.15, 0.2) is 0 Å². The molecule has 2 saturated heterocycles. The van der Waals surface area contributed by atoms with Crippen LogP contribution in [0.3, 0.4) is 0 Å². The minimum Gasteiger partial charge on any atom is -0.465 e. The highest BCUT2D eigenvalue weighted by Crippen LogP contribution is 2.26. The van der Waals surface area contributed by atoms with E-state index in [4.69, 9.17) is 9.84 Å². The molecule has 0 saturated carbocycles. The molecule has 1 N–H and O–H groups in total. The first kappa shape index (κ1) is 12.6. The molecule has 2 unspecified atom stereocenters.